The van der Waals surface area contributed by atoms with Crippen LogP contribution in [0.2, 0.25) is 5.02 Å². The lowest BCUT2D eigenvalue weighted by molar-refractivity contribution is 0.682. The summed E-state index contributed by atoms with van der Waals surface area (Å²) in [7, 11) is -1.21. The van der Waals surface area contributed by atoms with Gasteiger partial charge in [0.1, 0.15) is 0 Å². The minimum Gasteiger partial charge on any atom is -0.398 e. The summed E-state index contributed by atoms with van der Waals surface area (Å²) in [5.41, 5.74) is 7.10. The van der Waals surface area contributed by atoms with Gasteiger partial charge in [-0.3, -0.25) is 4.21 Å². The second kappa shape index (κ2) is 5.16. The molecule has 0 amide bonds. The van der Waals surface area contributed by atoms with Gasteiger partial charge in [-0.25, -0.2) is 4.98 Å². The molecule has 0 aliphatic carbocycles. The van der Waals surface area contributed by atoms with Gasteiger partial charge in [0.05, 0.1) is 32.1 Å². The zero-order valence-corrected chi connectivity index (χ0v) is 11.5. The number of nitrogen functional groups attached to an aromatic ring is 1. The number of anilines is 1. The van der Waals surface area contributed by atoms with Gasteiger partial charge in [-0.2, -0.15) is 0 Å². The van der Waals surface area contributed by atoms with E-state index in [0.717, 1.165) is 10.7 Å². The van der Waals surface area contributed by atoms with Crippen LogP contribution < -0.4 is 5.73 Å². The standard InChI is InChI=1S/C11H11ClN2OS2/c1-7-14-9(5-16-7)6-17(15)11-4-8(12)2-3-10(11)13/h2-5H,6,13H2,1H3. The maximum atomic E-state index is 12.1. The number of thiazole rings is 1. The summed E-state index contributed by atoms with van der Waals surface area (Å²) < 4.78 is 12.1. The number of halogens is 1. The quantitative estimate of drug-likeness (QED) is 0.883. The predicted molar refractivity (Wildman–Crippen MR) is 72.8 cm³/mol. The van der Waals surface area contributed by atoms with E-state index in [2.05, 4.69) is 4.98 Å². The van der Waals surface area contributed by atoms with Crippen LogP contribution in [-0.2, 0) is 16.6 Å². The summed E-state index contributed by atoms with van der Waals surface area (Å²) >= 11 is 7.41. The van der Waals surface area contributed by atoms with Crippen molar-refractivity contribution in [3.8, 4) is 0 Å². The molecule has 2 rings (SSSR count). The third-order valence-corrected chi connectivity index (χ3v) is 4.63. The molecule has 2 N–H and O–H groups in total. The Kier molecular flexibility index (Phi) is 3.81. The van der Waals surface area contributed by atoms with E-state index in [0.29, 0.717) is 21.4 Å². The molecule has 2 aromatic rings. The smallest absolute Gasteiger partial charge is 0.0897 e. The minimum atomic E-state index is -1.21. The van der Waals surface area contributed by atoms with Gasteiger partial charge < -0.3 is 5.73 Å². The molecule has 1 unspecified atom stereocenters. The summed E-state index contributed by atoms with van der Waals surface area (Å²) in [5.74, 6) is 0.370. The molecule has 17 heavy (non-hydrogen) atoms. The molecule has 0 fully saturated rings. The fourth-order valence-electron chi connectivity index (χ4n) is 1.39. The van der Waals surface area contributed by atoms with Crippen LogP contribution in [0.5, 0.6) is 0 Å². The van der Waals surface area contributed by atoms with Crippen LogP contribution in [0.25, 0.3) is 0 Å². The molecule has 1 aromatic heterocycles. The zero-order valence-electron chi connectivity index (χ0n) is 9.14. The van der Waals surface area contributed by atoms with Gasteiger partial charge >= 0.3 is 0 Å². The SMILES string of the molecule is Cc1nc(CS(=O)c2cc(Cl)ccc2N)cs1. The summed E-state index contributed by atoms with van der Waals surface area (Å²) in [6.07, 6.45) is 0. The predicted octanol–water partition coefficient (Wildman–Crippen LogP) is 2.99. The Balaban J connectivity index is 2.22. The highest BCUT2D eigenvalue weighted by molar-refractivity contribution is 7.84. The molecule has 0 radical (unpaired) electrons. The number of nitrogens with zero attached hydrogens (tertiary/aromatic N) is 1. The van der Waals surface area contributed by atoms with E-state index in [1.54, 1.807) is 29.5 Å². The highest BCUT2D eigenvalue weighted by Crippen LogP contribution is 2.23. The van der Waals surface area contributed by atoms with Gasteiger partial charge in [-0.05, 0) is 25.1 Å². The van der Waals surface area contributed by atoms with Crippen molar-refractivity contribution in [2.75, 3.05) is 5.73 Å². The van der Waals surface area contributed by atoms with Crippen molar-refractivity contribution in [2.45, 2.75) is 17.6 Å². The molecule has 1 aromatic carbocycles. The molecule has 0 aliphatic heterocycles. The minimum absolute atomic E-state index is 0.370. The second-order valence-electron chi connectivity index (χ2n) is 3.53. The largest absolute Gasteiger partial charge is 0.398 e. The summed E-state index contributed by atoms with van der Waals surface area (Å²) in [5, 5.41) is 3.42. The zero-order chi connectivity index (χ0) is 12.4. The Morgan fingerprint density at radius 1 is 1.53 bits per heavy atom. The van der Waals surface area contributed by atoms with Gasteiger partial charge in [0.2, 0.25) is 0 Å². The number of hydrogen-bond donors (Lipinski definition) is 1. The van der Waals surface area contributed by atoms with Crippen LogP contribution >= 0.6 is 22.9 Å². The molecule has 0 aliphatic rings. The van der Waals surface area contributed by atoms with E-state index in [1.807, 2.05) is 12.3 Å². The van der Waals surface area contributed by atoms with Crippen molar-refractivity contribution in [3.63, 3.8) is 0 Å². The maximum absolute atomic E-state index is 12.1. The summed E-state index contributed by atoms with van der Waals surface area (Å²) in [6.45, 7) is 1.92. The number of aryl methyl sites for hydroxylation is 1. The average molecular weight is 287 g/mol. The molecule has 0 bridgehead atoms. The second-order valence-corrected chi connectivity index (χ2v) is 6.45. The van der Waals surface area contributed by atoms with Crippen LogP contribution in [0.3, 0.4) is 0 Å². The first-order valence-electron chi connectivity index (χ1n) is 4.90. The van der Waals surface area contributed by atoms with E-state index < -0.39 is 10.8 Å². The van der Waals surface area contributed by atoms with Gasteiger partial charge in [-0.1, -0.05) is 11.6 Å². The van der Waals surface area contributed by atoms with E-state index >= 15 is 0 Å². The van der Waals surface area contributed by atoms with Crippen LogP contribution in [0.4, 0.5) is 5.69 Å². The van der Waals surface area contributed by atoms with E-state index in [4.69, 9.17) is 17.3 Å². The summed E-state index contributed by atoms with van der Waals surface area (Å²) in [4.78, 5) is 4.85. The van der Waals surface area contributed by atoms with Crippen molar-refractivity contribution in [1.29, 1.82) is 0 Å². The highest BCUT2D eigenvalue weighted by atomic mass is 35.5. The third kappa shape index (κ3) is 3.06. The maximum Gasteiger partial charge on any atom is 0.0897 e. The molecule has 1 heterocycles. The molecule has 0 saturated heterocycles. The molecule has 0 saturated carbocycles. The van der Waals surface area contributed by atoms with Crippen LogP contribution in [0.15, 0.2) is 28.5 Å². The third-order valence-electron chi connectivity index (χ3n) is 2.17. The number of aromatic nitrogens is 1. The average Bonchev–Trinajstić information content (AvgIpc) is 2.67. The summed E-state index contributed by atoms with van der Waals surface area (Å²) in [6, 6.07) is 5.00. The van der Waals surface area contributed by atoms with Gasteiger partial charge in [-0.15, -0.1) is 11.3 Å². The monoisotopic (exact) mass is 286 g/mol. The Hall–Kier alpha value is -0.910. The van der Waals surface area contributed by atoms with Crippen LogP contribution in [-0.4, -0.2) is 9.19 Å². The Morgan fingerprint density at radius 2 is 2.29 bits per heavy atom. The first kappa shape index (κ1) is 12.5. The Bertz CT molecular complexity index is 568. The Labute approximate surface area is 111 Å². The fraction of sp³-hybridized carbons (Fsp3) is 0.182. The number of nitrogens with two attached hydrogens (primary N) is 1. The van der Waals surface area contributed by atoms with Gasteiger partial charge in [0, 0.05) is 16.1 Å². The van der Waals surface area contributed by atoms with Gasteiger partial charge in [0.15, 0.2) is 0 Å². The van der Waals surface area contributed by atoms with Crippen LogP contribution in [0, 0.1) is 6.92 Å². The van der Waals surface area contributed by atoms with E-state index in [9.17, 15) is 4.21 Å². The first-order chi connectivity index (χ1) is 8.06. The lowest BCUT2D eigenvalue weighted by Gasteiger charge is -2.04. The van der Waals surface area contributed by atoms with Crippen molar-refractivity contribution in [1.82, 2.24) is 4.98 Å². The molecule has 6 heteroatoms. The van der Waals surface area contributed by atoms with Crippen LogP contribution in [0.1, 0.15) is 10.7 Å². The van der Waals surface area contributed by atoms with Crippen molar-refractivity contribution >= 4 is 39.4 Å². The molecule has 90 valence electrons. The number of benzene rings is 1. The fourth-order valence-corrected chi connectivity index (χ4v) is 3.51. The van der Waals surface area contributed by atoms with Crippen molar-refractivity contribution < 1.29 is 4.21 Å². The number of hydrogen-bond acceptors (Lipinski definition) is 4. The lowest BCUT2D eigenvalue weighted by Crippen LogP contribution is -2.01. The lowest BCUT2D eigenvalue weighted by atomic mass is 10.3. The van der Waals surface area contributed by atoms with E-state index in [-0.39, 0.29) is 0 Å². The molecular weight excluding hydrogens is 276 g/mol. The van der Waals surface area contributed by atoms with E-state index in [1.165, 1.54) is 0 Å². The number of rotatable bonds is 3. The highest BCUT2D eigenvalue weighted by Gasteiger charge is 2.11. The van der Waals surface area contributed by atoms with Crippen molar-refractivity contribution in [3.05, 3.63) is 39.3 Å². The van der Waals surface area contributed by atoms with Gasteiger partial charge in [0.25, 0.3) is 0 Å². The Morgan fingerprint density at radius 3 is 2.94 bits per heavy atom. The normalized spacial score (nSPS) is 12.6. The molecule has 0 spiro atoms. The molecule has 1 atom stereocenters. The topological polar surface area (TPSA) is 56.0 Å². The molecular formula is C11H11ClN2OS2. The molecule has 3 nitrogen and oxygen atoms in total. The first-order valence-corrected chi connectivity index (χ1v) is 7.48. The van der Waals surface area contributed by atoms with Crippen molar-refractivity contribution in [2.24, 2.45) is 0 Å².